The first-order valence-corrected chi connectivity index (χ1v) is 12.3. The second-order valence-corrected chi connectivity index (χ2v) is 9.13. The fourth-order valence-electron chi connectivity index (χ4n) is 4.53. The van der Waals surface area contributed by atoms with E-state index in [2.05, 4.69) is 5.32 Å². The molecule has 1 atom stereocenters. The van der Waals surface area contributed by atoms with Gasteiger partial charge in [-0.2, -0.15) is 0 Å². The maximum Gasteiger partial charge on any atom is 0.261 e. The fourth-order valence-corrected chi connectivity index (χ4v) is 4.53. The van der Waals surface area contributed by atoms with Crippen molar-refractivity contribution in [2.75, 3.05) is 13.7 Å². The molecule has 184 valence electrons. The third kappa shape index (κ3) is 6.75. The van der Waals surface area contributed by atoms with Crippen LogP contribution in [0.2, 0.25) is 0 Å². The summed E-state index contributed by atoms with van der Waals surface area (Å²) in [5.41, 5.74) is 3.02. The first-order chi connectivity index (χ1) is 16.4. The number of amides is 2. The zero-order valence-corrected chi connectivity index (χ0v) is 20.9. The normalized spacial score (nSPS) is 14.8. The van der Waals surface area contributed by atoms with Gasteiger partial charge in [0.2, 0.25) is 5.91 Å². The van der Waals surface area contributed by atoms with Gasteiger partial charge < -0.3 is 19.7 Å². The Balaban J connectivity index is 1.79. The standard InChI is InChI=1S/C28H38N2O4/c1-5-25(28(32)29-23-13-7-6-8-14-23)30(18-22-12-10-15-24(17-22)33-4)27(31)19-34-26-16-9-11-20(2)21(26)3/h9-12,15-17,23,25H,5-8,13-14,18-19H2,1-4H3,(H,29,32)/t25-/m0/s1. The van der Waals surface area contributed by atoms with Crippen molar-refractivity contribution in [1.82, 2.24) is 10.2 Å². The highest BCUT2D eigenvalue weighted by Crippen LogP contribution is 2.22. The van der Waals surface area contributed by atoms with E-state index in [0.717, 1.165) is 48.1 Å². The van der Waals surface area contributed by atoms with E-state index < -0.39 is 6.04 Å². The summed E-state index contributed by atoms with van der Waals surface area (Å²) in [5, 5.41) is 3.21. The Kier molecular flexibility index (Phi) is 9.37. The molecular weight excluding hydrogens is 428 g/mol. The lowest BCUT2D eigenvalue weighted by Gasteiger charge is -2.32. The lowest BCUT2D eigenvalue weighted by Crippen LogP contribution is -2.52. The topological polar surface area (TPSA) is 67.9 Å². The zero-order chi connectivity index (χ0) is 24.5. The predicted octanol–water partition coefficient (Wildman–Crippen LogP) is 4.95. The number of hydrogen-bond acceptors (Lipinski definition) is 4. The van der Waals surface area contributed by atoms with Crippen molar-refractivity contribution >= 4 is 11.8 Å². The number of ether oxygens (including phenoxy) is 2. The summed E-state index contributed by atoms with van der Waals surface area (Å²) >= 11 is 0. The van der Waals surface area contributed by atoms with E-state index in [4.69, 9.17) is 9.47 Å². The Morgan fingerprint density at radius 2 is 1.82 bits per heavy atom. The molecule has 0 aliphatic heterocycles. The highest BCUT2D eigenvalue weighted by atomic mass is 16.5. The quantitative estimate of drug-likeness (QED) is 0.538. The number of carbonyl (C=O) groups excluding carboxylic acids is 2. The minimum absolute atomic E-state index is 0.0858. The molecule has 0 bridgehead atoms. The summed E-state index contributed by atoms with van der Waals surface area (Å²) in [6, 6.07) is 13.0. The molecule has 3 rings (SSSR count). The molecule has 2 aromatic carbocycles. The lowest BCUT2D eigenvalue weighted by atomic mass is 9.95. The first kappa shape index (κ1) is 25.6. The predicted molar refractivity (Wildman–Crippen MR) is 134 cm³/mol. The highest BCUT2D eigenvalue weighted by molar-refractivity contribution is 5.88. The molecule has 0 heterocycles. The summed E-state index contributed by atoms with van der Waals surface area (Å²) in [7, 11) is 1.62. The van der Waals surface area contributed by atoms with E-state index in [-0.39, 0.29) is 24.5 Å². The smallest absolute Gasteiger partial charge is 0.261 e. The molecule has 0 radical (unpaired) electrons. The zero-order valence-electron chi connectivity index (χ0n) is 20.9. The molecule has 0 aromatic heterocycles. The monoisotopic (exact) mass is 466 g/mol. The minimum atomic E-state index is -0.567. The van der Waals surface area contributed by atoms with Crippen molar-refractivity contribution in [2.45, 2.75) is 77.9 Å². The van der Waals surface area contributed by atoms with Crippen molar-refractivity contribution in [2.24, 2.45) is 0 Å². The molecule has 1 N–H and O–H groups in total. The number of carbonyl (C=O) groups is 2. The van der Waals surface area contributed by atoms with Crippen LogP contribution in [-0.4, -0.2) is 42.5 Å². The van der Waals surface area contributed by atoms with Crippen molar-refractivity contribution in [3.63, 3.8) is 0 Å². The summed E-state index contributed by atoms with van der Waals surface area (Å²) in [5.74, 6) is 1.11. The fraction of sp³-hybridized carbons (Fsp3) is 0.500. The van der Waals surface area contributed by atoms with Gasteiger partial charge in [0.05, 0.1) is 7.11 Å². The Bertz CT molecular complexity index is 969. The number of hydrogen-bond donors (Lipinski definition) is 1. The van der Waals surface area contributed by atoms with Gasteiger partial charge in [0.1, 0.15) is 17.5 Å². The highest BCUT2D eigenvalue weighted by Gasteiger charge is 2.30. The van der Waals surface area contributed by atoms with E-state index in [0.29, 0.717) is 18.7 Å². The summed E-state index contributed by atoms with van der Waals surface area (Å²) in [6.07, 6.45) is 6.02. The summed E-state index contributed by atoms with van der Waals surface area (Å²) < 4.78 is 11.3. The van der Waals surface area contributed by atoms with Crippen LogP contribution in [-0.2, 0) is 16.1 Å². The maximum absolute atomic E-state index is 13.5. The van der Waals surface area contributed by atoms with Crippen LogP contribution < -0.4 is 14.8 Å². The number of aryl methyl sites for hydroxylation is 1. The summed E-state index contributed by atoms with van der Waals surface area (Å²) in [6.45, 7) is 6.13. The molecule has 2 amide bonds. The van der Waals surface area contributed by atoms with Crippen LogP contribution >= 0.6 is 0 Å². The molecule has 0 saturated heterocycles. The van der Waals surface area contributed by atoms with Crippen LogP contribution in [0, 0.1) is 13.8 Å². The van der Waals surface area contributed by atoms with Crippen LogP contribution in [0.5, 0.6) is 11.5 Å². The van der Waals surface area contributed by atoms with Gasteiger partial charge in [0.25, 0.3) is 5.91 Å². The average Bonchev–Trinajstić information content (AvgIpc) is 2.85. The molecule has 0 unspecified atom stereocenters. The van der Waals surface area contributed by atoms with Crippen molar-refractivity contribution in [3.8, 4) is 11.5 Å². The molecular formula is C28H38N2O4. The van der Waals surface area contributed by atoms with Gasteiger partial charge >= 0.3 is 0 Å². The van der Waals surface area contributed by atoms with Crippen LogP contribution in [0.25, 0.3) is 0 Å². The molecule has 2 aromatic rings. The van der Waals surface area contributed by atoms with Crippen LogP contribution in [0.15, 0.2) is 42.5 Å². The van der Waals surface area contributed by atoms with Crippen LogP contribution in [0.3, 0.4) is 0 Å². The number of nitrogens with zero attached hydrogens (tertiary/aromatic N) is 1. The second-order valence-electron chi connectivity index (χ2n) is 9.13. The Hall–Kier alpha value is -3.02. The molecule has 1 fully saturated rings. The van der Waals surface area contributed by atoms with Gasteiger partial charge in [-0.25, -0.2) is 0 Å². The first-order valence-electron chi connectivity index (χ1n) is 12.3. The molecule has 0 spiro atoms. The van der Waals surface area contributed by atoms with Gasteiger partial charge in [-0.1, -0.05) is 50.5 Å². The second kappa shape index (κ2) is 12.4. The lowest BCUT2D eigenvalue weighted by molar-refractivity contribution is -0.143. The van der Waals surface area contributed by atoms with Gasteiger partial charge in [0.15, 0.2) is 6.61 Å². The van der Waals surface area contributed by atoms with E-state index in [9.17, 15) is 9.59 Å². The Morgan fingerprint density at radius 3 is 2.53 bits per heavy atom. The summed E-state index contributed by atoms with van der Waals surface area (Å²) in [4.78, 5) is 28.4. The van der Waals surface area contributed by atoms with E-state index in [1.807, 2.05) is 63.2 Å². The largest absolute Gasteiger partial charge is 0.497 e. The Labute approximate surface area is 203 Å². The minimum Gasteiger partial charge on any atom is -0.497 e. The molecule has 34 heavy (non-hydrogen) atoms. The van der Waals surface area contributed by atoms with Gasteiger partial charge in [-0.3, -0.25) is 9.59 Å². The van der Waals surface area contributed by atoms with Crippen LogP contribution in [0.4, 0.5) is 0 Å². The SMILES string of the molecule is CC[C@@H](C(=O)NC1CCCCC1)N(Cc1cccc(OC)c1)C(=O)COc1cccc(C)c1C. The van der Waals surface area contributed by atoms with E-state index in [1.54, 1.807) is 12.0 Å². The average molecular weight is 467 g/mol. The molecule has 1 saturated carbocycles. The van der Waals surface area contributed by atoms with Crippen molar-refractivity contribution in [1.29, 1.82) is 0 Å². The maximum atomic E-state index is 13.5. The van der Waals surface area contributed by atoms with Gasteiger partial charge in [0, 0.05) is 12.6 Å². The van der Waals surface area contributed by atoms with Crippen molar-refractivity contribution < 1.29 is 19.1 Å². The third-order valence-corrected chi connectivity index (χ3v) is 6.73. The van der Waals surface area contributed by atoms with Crippen LogP contribution in [0.1, 0.15) is 62.1 Å². The molecule has 1 aliphatic rings. The number of benzene rings is 2. The van der Waals surface area contributed by atoms with Gasteiger partial charge in [-0.15, -0.1) is 0 Å². The molecule has 6 heteroatoms. The number of methoxy groups -OCH3 is 1. The molecule has 6 nitrogen and oxygen atoms in total. The van der Waals surface area contributed by atoms with E-state index in [1.165, 1.54) is 6.42 Å². The third-order valence-electron chi connectivity index (χ3n) is 6.73. The Morgan fingerprint density at radius 1 is 1.09 bits per heavy atom. The van der Waals surface area contributed by atoms with Crippen molar-refractivity contribution in [3.05, 3.63) is 59.2 Å². The van der Waals surface area contributed by atoms with Gasteiger partial charge in [-0.05, 0) is 68.0 Å². The number of nitrogens with one attached hydrogen (secondary N) is 1. The molecule has 1 aliphatic carbocycles. The number of rotatable bonds is 10. The van der Waals surface area contributed by atoms with E-state index >= 15 is 0 Å².